The number of nitrogens with zero attached hydrogens (tertiary/aromatic N) is 4. The molecular weight excluding hydrogens is 200 g/mol. The third-order valence-corrected chi connectivity index (χ3v) is 2.23. The van der Waals surface area contributed by atoms with Crippen LogP contribution in [0.1, 0.15) is 5.56 Å². The molecule has 0 N–H and O–H groups in total. The van der Waals surface area contributed by atoms with Crippen LogP contribution in [0.5, 0.6) is 0 Å². The lowest BCUT2D eigenvalue weighted by Crippen LogP contribution is -2.00. The van der Waals surface area contributed by atoms with Crippen LogP contribution in [-0.4, -0.2) is 19.7 Å². The average molecular weight is 209 g/mol. The number of aryl methyl sites for hydroxylation is 2. The first-order valence-electron chi connectivity index (χ1n) is 4.28. The van der Waals surface area contributed by atoms with E-state index in [1.54, 1.807) is 17.1 Å². The molecule has 4 nitrogen and oxygen atoms in total. The van der Waals surface area contributed by atoms with Gasteiger partial charge in [0.15, 0.2) is 0 Å². The topological polar surface area (TPSA) is 43.6 Å². The minimum absolute atomic E-state index is 0.425. The fraction of sp³-hybridized carbons (Fsp3) is 0.222. The lowest BCUT2D eigenvalue weighted by molar-refractivity contribution is 0.693. The van der Waals surface area contributed by atoms with Gasteiger partial charge in [-0.3, -0.25) is 4.98 Å². The van der Waals surface area contributed by atoms with Crippen LogP contribution in [0.3, 0.4) is 0 Å². The number of hydrogen-bond acceptors (Lipinski definition) is 3. The van der Waals surface area contributed by atoms with E-state index >= 15 is 0 Å². The number of rotatable bonds is 3. The van der Waals surface area contributed by atoms with Crippen molar-refractivity contribution in [2.24, 2.45) is 0 Å². The Hall–Kier alpha value is -1.42. The summed E-state index contributed by atoms with van der Waals surface area (Å²) in [6.45, 7) is 0.775. The number of aromatic nitrogens is 4. The Morgan fingerprint density at radius 3 is 3.00 bits per heavy atom. The second-order valence-electron chi connectivity index (χ2n) is 2.90. The molecule has 0 amide bonds. The molecule has 0 aromatic carbocycles. The van der Waals surface area contributed by atoms with E-state index in [4.69, 9.17) is 11.6 Å². The maximum absolute atomic E-state index is 5.78. The maximum Gasteiger partial charge on any atom is 0.224 e. The second kappa shape index (κ2) is 4.19. The largest absolute Gasteiger partial charge is 0.304 e. The first kappa shape index (κ1) is 9.15. The molecule has 0 atom stereocenters. The molecule has 0 bridgehead atoms. The highest BCUT2D eigenvalue weighted by Crippen LogP contribution is 2.05. The Kier molecular flexibility index (Phi) is 2.74. The minimum Gasteiger partial charge on any atom is -0.304 e. The molecule has 0 aliphatic rings. The Bertz CT molecular complexity index is 398. The lowest BCUT2D eigenvalue weighted by atomic mass is 10.2. The highest BCUT2D eigenvalue weighted by atomic mass is 35.5. The molecule has 0 fully saturated rings. The van der Waals surface area contributed by atoms with E-state index < -0.39 is 0 Å². The quantitative estimate of drug-likeness (QED) is 0.769. The van der Waals surface area contributed by atoms with Crippen LogP contribution in [0.25, 0.3) is 0 Å². The van der Waals surface area contributed by atoms with Crippen molar-refractivity contribution >= 4 is 11.6 Å². The third-order valence-electron chi connectivity index (χ3n) is 1.93. The van der Waals surface area contributed by atoms with Crippen LogP contribution in [0.2, 0.25) is 5.28 Å². The average Bonchev–Trinajstić information content (AvgIpc) is 2.63. The van der Waals surface area contributed by atoms with E-state index in [1.807, 2.05) is 18.3 Å². The molecule has 0 aliphatic heterocycles. The zero-order valence-electron chi connectivity index (χ0n) is 7.47. The molecule has 0 aliphatic carbocycles. The number of hydrogen-bond donors (Lipinski definition) is 0. The van der Waals surface area contributed by atoms with Gasteiger partial charge in [0.05, 0.1) is 0 Å². The van der Waals surface area contributed by atoms with E-state index in [1.165, 1.54) is 5.56 Å². The van der Waals surface area contributed by atoms with Crippen LogP contribution in [0, 0.1) is 0 Å². The smallest absolute Gasteiger partial charge is 0.224 e. The van der Waals surface area contributed by atoms with Gasteiger partial charge in [0.1, 0.15) is 6.33 Å². The fourth-order valence-electron chi connectivity index (χ4n) is 1.19. The molecule has 14 heavy (non-hydrogen) atoms. The van der Waals surface area contributed by atoms with Crippen molar-refractivity contribution in [3.05, 3.63) is 41.7 Å². The number of pyridine rings is 1. The molecule has 5 heteroatoms. The fourth-order valence-corrected chi connectivity index (χ4v) is 1.36. The molecule has 2 rings (SSSR count). The monoisotopic (exact) mass is 208 g/mol. The van der Waals surface area contributed by atoms with Crippen molar-refractivity contribution in [3.63, 3.8) is 0 Å². The predicted octanol–water partition coefficient (Wildman–Crippen LogP) is 1.57. The number of halogens is 1. The molecule has 2 heterocycles. The summed E-state index contributed by atoms with van der Waals surface area (Å²) in [4.78, 5) is 4.03. The van der Waals surface area contributed by atoms with Gasteiger partial charge in [-0.15, -0.1) is 10.2 Å². The Morgan fingerprint density at radius 2 is 2.36 bits per heavy atom. The molecule has 0 radical (unpaired) electrons. The SMILES string of the molecule is Clc1nncn1CCc1cccnc1. The summed E-state index contributed by atoms with van der Waals surface area (Å²) in [5, 5.41) is 7.82. The Morgan fingerprint density at radius 1 is 1.43 bits per heavy atom. The molecule has 2 aromatic heterocycles. The van der Waals surface area contributed by atoms with Gasteiger partial charge < -0.3 is 4.57 Å². The van der Waals surface area contributed by atoms with Gasteiger partial charge in [-0.05, 0) is 29.7 Å². The summed E-state index contributed by atoms with van der Waals surface area (Å²) < 4.78 is 1.80. The molecular formula is C9H9ClN4. The van der Waals surface area contributed by atoms with Gasteiger partial charge in [-0.2, -0.15) is 0 Å². The maximum atomic E-state index is 5.78. The van der Waals surface area contributed by atoms with E-state index in [-0.39, 0.29) is 0 Å². The van der Waals surface area contributed by atoms with E-state index in [9.17, 15) is 0 Å². The van der Waals surface area contributed by atoms with Crippen LogP contribution < -0.4 is 0 Å². The van der Waals surface area contributed by atoms with E-state index in [2.05, 4.69) is 15.2 Å². The van der Waals surface area contributed by atoms with Crippen LogP contribution in [0.15, 0.2) is 30.9 Å². The highest BCUT2D eigenvalue weighted by molar-refractivity contribution is 6.28. The second-order valence-corrected chi connectivity index (χ2v) is 3.24. The molecule has 2 aromatic rings. The standard InChI is InChI=1S/C9H9ClN4/c10-9-13-12-7-14(9)5-3-8-2-1-4-11-6-8/h1-2,4,6-7H,3,5H2. The molecule has 72 valence electrons. The first-order chi connectivity index (χ1) is 6.86. The van der Waals surface area contributed by atoms with Crippen LogP contribution in [0.4, 0.5) is 0 Å². The normalized spacial score (nSPS) is 10.4. The summed E-state index contributed by atoms with van der Waals surface area (Å²) in [5.41, 5.74) is 1.18. The Balaban J connectivity index is 1.99. The van der Waals surface area contributed by atoms with Gasteiger partial charge in [-0.25, -0.2) is 0 Å². The Labute approximate surface area is 86.6 Å². The zero-order valence-corrected chi connectivity index (χ0v) is 8.22. The van der Waals surface area contributed by atoms with Gasteiger partial charge in [0, 0.05) is 18.9 Å². The van der Waals surface area contributed by atoms with Crippen molar-refractivity contribution in [2.45, 2.75) is 13.0 Å². The zero-order chi connectivity index (χ0) is 9.80. The molecule has 0 saturated carbocycles. The van der Waals surface area contributed by atoms with Crippen molar-refractivity contribution in [3.8, 4) is 0 Å². The molecule has 0 saturated heterocycles. The van der Waals surface area contributed by atoms with Gasteiger partial charge in [0.2, 0.25) is 5.28 Å². The van der Waals surface area contributed by atoms with Crippen LogP contribution >= 0.6 is 11.6 Å². The van der Waals surface area contributed by atoms with Crippen molar-refractivity contribution < 1.29 is 0 Å². The van der Waals surface area contributed by atoms with Gasteiger partial charge >= 0.3 is 0 Å². The summed E-state index contributed by atoms with van der Waals surface area (Å²) in [6.07, 6.45) is 6.11. The highest BCUT2D eigenvalue weighted by Gasteiger charge is 1.99. The molecule has 0 unspecified atom stereocenters. The van der Waals surface area contributed by atoms with Crippen molar-refractivity contribution in [1.29, 1.82) is 0 Å². The van der Waals surface area contributed by atoms with E-state index in [0.717, 1.165) is 13.0 Å². The summed E-state index contributed by atoms with van der Waals surface area (Å²) >= 11 is 5.78. The minimum atomic E-state index is 0.425. The van der Waals surface area contributed by atoms with Gasteiger partial charge in [0.25, 0.3) is 0 Å². The molecule has 0 spiro atoms. The summed E-state index contributed by atoms with van der Waals surface area (Å²) in [7, 11) is 0. The summed E-state index contributed by atoms with van der Waals surface area (Å²) in [5.74, 6) is 0. The van der Waals surface area contributed by atoms with Crippen LogP contribution in [-0.2, 0) is 13.0 Å². The summed E-state index contributed by atoms with van der Waals surface area (Å²) in [6, 6.07) is 3.95. The van der Waals surface area contributed by atoms with E-state index in [0.29, 0.717) is 5.28 Å². The van der Waals surface area contributed by atoms with Crippen molar-refractivity contribution in [1.82, 2.24) is 19.7 Å². The predicted molar refractivity (Wildman–Crippen MR) is 53.0 cm³/mol. The third kappa shape index (κ3) is 2.09. The first-order valence-corrected chi connectivity index (χ1v) is 4.66. The van der Waals surface area contributed by atoms with Crippen molar-refractivity contribution in [2.75, 3.05) is 0 Å². The lowest BCUT2D eigenvalue weighted by Gasteiger charge is -2.01. The van der Waals surface area contributed by atoms with Gasteiger partial charge in [-0.1, -0.05) is 6.07 Å².